The average Bonchev–Trinajstić information content (AvgIpc) is 2.79. The Morgan fingerprint density at radius 2 is 1.71 bits per heavy atom. The van der Waals surface area contributed by atoms with Crippen molar-refractivity contribution in [1.29, 1.82) is 0 Å². The van der Waals surface area contributed by atoms with Crippen LogP contribution in [0.15, 0.2) is 42.5 Å². The molecular weight excluding hydrogens is 391 g/mol. The highest BCUT2D eigenvalue weighted by Crippen LogP contribution is 2.25. The van der Waals surface area contributed by atoms with E-state index in [-0.39, 0.29) is 24.0 Å². The Balaban J connectivity index is 0.00000161. The van der Waals surface area contributed by atoms with Crippen LogP contribution in [0.3, 0.4) is 0 Å². The second-order valence-corrected chi connectivity index (χ2v) is 5.97. The highest BCUT2D eigenvalue weighted by molar-refractivity contribution is 7.18. The SMILES string of the molecule is Cc1ccc2sc(C=Cc3ccccc3)[n+](N)c2c1C.[I-]. The Labute approximate surface area is 145 Å². The molecule has 0 saturated heterocycles. The number of thiazole rings is 1. The van der Waals surface area contributed by atoms with Gasteiger partial charge in [0.1, 0.15) is 4.70 Å². The van der Waals surface area contributed by atoms with Gasteiger partial charge in [0.15, 0.2) is 0 Å². The van der Waals surface area contributed by atoms with Gasteiger partial charge in [0.05, 0.1) is 0 Å². The lowest BCUT2D eigenvalue weighted by Crippen LogP contribution is -3.00. The molecule has 2 aromatic carbocycles. The van der Waals surface area contributed by atoms with E-state index in [0.29, 0.717) is 0 Å². The van der Waals surface area contributed by atoms with Crippen molar-refractivity contribution in [3.05, 3.63) is 64.2 Å². The van der Waals surface area contributed by atoms with Crippen LogP contribution in [-0.2, 0) is 0 Å². The van der Waals surface area contributed by atoms with Gasteiger partial charge in [-0.25, -0.2) is 5.84 Å². The molecule has 1 heterocycles. The number of nitrogens with zero attached hydrogens (tertiary/aromatic N) is 1. The van der Waals surface area contributed by atoms with Crippen LogP contribution in [0.25, 0.3) is 22.4 Å². The molecule has 1 aromatic heterocycles. The average molecular weight is 408 g/mol. The van der Waals surface area contributed by atoms with Crippen LogP contribution in [0.5, 0.6) is 0 Å². The van der Waals surface area contributed by atoms with Gasteiger partial charge in [0.2, 0.25) is 0 Å². The molecule has 0 fully saturated rings. The molecule has 0 atom stereocenters. The van der Waals surface area contributed by atoms with Gasteiger partial charge in [-0.15, -0.1) is 0 Å². The predicted molar refractivity (Wildman–Crippen MR) is 87.0 cm³/mol. The summed E-state index contributed by atoms with van der Waals surface area (Å²) in [5, 5.41) is 1.05. The van der Waals surface area contributed by atoms with E-state index in [4.69, 9.17) is 5.84 Å². The van der Waals surface area contributed by atoms with E-state index < -0.39 is 0 Å². The van der Waals surface area contributed by atoms with Crippen molar-refractivity contribution in [2.24, 2.45) is 0 Å². The van der Waals surface area contributed by atoms with Gasteiger partial charge in [-0.05, 0) is 37.1 Å². The molecule has 0 saturated carbocycles. The molecule has 3 aromatic rings. The quantitative estimate of drug-likeness (QED) is 0.378. The van der Waals surface area contributed by atoms with Crippen molar-refractivity contribution in [1.82, 2.24) is 0 Å². The number of nitrogens with two attached hydrogens (primary N) is 1. The molecule has 0 aliphatic heterocycles. The van der Waals surface area contributed by atoms with E-state index in [1.54, 1.807) is 16.0 Å². The minimum atomic E-state index is 0. The number of fused-ring (bicyclic) bond motifs is 1. The first-order chi connectivity index (χ1) is 9.66. The molecule has 0 amide bonds. The summed E-state index contributed by atoms with van der Waals surface area (Å²) in [6.45, 7) is 4.24. The van der Waals surface area contributed by atoms with Gasteiger partial charge in [0.25, 0.3) is 10.5 Å². The topological polar surface area (TPSA) is 29.9 Å². The van der Waals surface area contributed by atoms with Crippen LogP contribution < -0.4 is 34.5 Å². The van der Waals surface area contributed by atoms with Crippen molar-refractivity contribution in [3.8, 4) is 0 Å². The second-order valence-electron chi connectivity index (χ2n) is 4.91. The third-order valence-electron chi connectivity index (χ3n) is 3.58. The number of aryl methyl sites for hydroxylation is 2. The highest BCUT2D eigenvalue weighted by Gasteiger charge is 2.19. The predicted octanol–water partition coefficient (Wildman–Crippen LogP) is 0.694. The van der Waals surface area contributed by atoms with E-state index in [9.17, 15) is 0 Å². The summed E-state index contributed by atoms with van der Waals surface area (Å²) >= 11 is 1.72. The lowest BCUT2D eigenvalue weighted by molar-refractivity contribution is -0.608. The number of hydrogen-bond acceptors (Lipinski definition) is 2. The Hall–Kier alpha value is -1.40. The Kier molecular flexibility index (Phi) is 5.00. The van der Waals surface area contributed by atoms with E-state index >= 15 is 0 Å². The summed E-state index contributed by atoms with van der Waals surface area (Å²) in [5.41, 5.74) is 4.83. The number of benzene rings is 2. The lowest BCUT2D eigenvalue weighted by atomic mass is 10.1. The molecule has 3 rings (SSSR count). The van der Waals surface area contributed by atoms with Crippen molar-refractivity contribution in [2.75, 3.05) is 5.84 Å². The molecule has 0 aliphatic rings. The van der Waals surface area contributed by atoms with Crippen LogP contribution in [0.2, 0.25) is 0 Å². The number of nitrogen functional groups attached to an aromatic ring is 1. The molecular formula is C17H17IN2S. The summed E-state index contributed by atoms with van der Waals surface area (Å²) in [7, 11) is 0. The molecule has 2 nitrogen and oxygen atoms in total. The van der Waals surface area contributed by atoms with Gasteiger partial charge < -0.3 is 24.0 Å². The molecule has 108 valence electrons. The molecule has 0 aliphatic carbocycles. The summed E-state index contributed by atoms with van der Waals surface area (Å²) < 4.78 is 3.02. The van der Waals surface area contributed by atoms with Crippen molar-refractivity contribution in [2.45, 2.75) is 13.8 Å². The minimum Gasteiger partial charge on any atom is -1.00 e. The normalized spacial score (nSPS) is 11.0. The fourth-order valence-corrected chi connectivity index (χ4v) is 3.31. The van der Waals surface area contributed by atoms with E-state index in [2.05, 4.69) is 50.3 Å². The third-order valence-corrected chi connectivity index (χ3v) is 4.67. The van der Waals surface area contributed by atoms with Gasteiger partial charge in [-0.3, -0.25) is 0 Å². The van der Waals surface area contributed by atoms with Crippen LogP contribution in [0, 0.1) is 13.8 Å². The van der Waals surface area contributed by atoms with Gasteiger partial charge >= 0.3 is 0 Å². The molecule has 0 bridgehead atoms. The van der Waals surface area contributed by atoms with E-state index in [1.165, 1.54) is 21.4 Å². The van der Waals surface area contributed by atoms with Gasteiger partial charge in [-0.1, -0.05) is 52.4 Å². The standard InChI is InChI=1S/C17H17N2S.HI/c1-12-8-10-15-17(13(12)2)19(18)16(20-15)11-9-14-6-4-3-5-7-14;/h3-11H,18H2,1-2H3;1H/q+1;/p-1. The van der Waals surface area contributed by atoms with Gasteiger partial charge in [0, 0.05) is 11.6 Å². The first-order valence-electron chi connectivity index (χ1n) is 6.60. The largest absolute Gasteiger partial charge is 1.00 e. The maximum Gasteiger partial charge on any atom is 0.291 e. The minimum absolute atomic E-state index is 0. The monoisotopic (exact) mass is 408 g/mol. The zero-order valence-electron chi connectivity index (χ0n) is 12.0. The number of hydrogen-bond donors (Lipinski definition) is 1. The van der Waals surface area contributed by atoms with Crippen molar-refractivity contribution < 1.29 is 28.7 Å². The van der Waals surface area contributed by atoms with Crippen LogP contribution in [0.4, 0.5) is 0 Å². The molecule has 21 heavy (non-hydrogen) atoms. The highest BCUT2D eigenvalue weighted by atomic mass is 127. The molecule has 0 radical (unpaired) electrons. The molecule has 2 N–H and O–H groups in total. The fourth-order valence-electron chi connectivity index (χ4n) is 2.28. The zero-order valence-corrected chi connectivity index (χ0v) is 15.0. The Morgan fingerprint density at radius 3 is 2.43 bits per heavy atom. The number of halogens is 1. The second kappa shape index (κ2) is 6.58. The maximum absolute atomic E-state index is 6.25. The summed E-state index contributed by atoms with van der Waals surface area (Å²) in [5.74, 6) is 6.25. The number of rotatable bonds is 2. The van der Waals surface area contributed by atoms with Crippen LogP contribution in [-0.4, -0.2) is 0 Å². The van der Waals surface area contributed by atoms with E-state index in [1.807, 2.05) is 18.2 Å². The summed E-state index contributed by atoms with van der Waals surface area (Å²) in [4.78, 5) is 0. The smallest absolute Gasteiger partial charge is 0.291 e. The molecule has 0 spiro atoms. The van der Waals surface area contributed by atoms with Crippen molar-refractivity contribution >= 4 is 33.7 Å². The van der Waals surface area contributed by atoms with Crippen LogP contribution in [0.1, 0.15) is 21.7 Å². The third kappa shape index (κ3) is 3.11. The summed E-state index contributed by atoms with van der Waals surface area (Å²) in [6.07, 6.45) is 4.17. The van der Waals surface area contributed by atoms with Crippen molar-refractivity contribution in [3.63, 3.8) is 0 Å². The first kappa shape index (κ1) is 16.0. The maximum atomic E-state index is 6.25. The fraction of sp³-hybridized carbons (Fsp3) is 0.118. The number of aromatic nitrogens is 1. The molecule has 4 heteroatoms. The summed E-state index contributed by atoms with van der Waals surface area (Å²) in [6, 6.07) is 14.6. The first-order valence-corrected chi connectivity index (χ1v) is 7.41. The zero-order chi connectivity index (χ0) is 14.1. The van der Waals surface area contributed by atoms with Gasteiger partial charge in [-0.2, -0.15) is 0 Å². The van der Waals surface area contributed by atoms with Crippen LogP contribution >= 0.6 is 11.3 Å². The Bertz CT molecular complexity index is 791. The lowest BCUT2D eigenvalue weighted by Gasteiger charge is -1.96. The Morgan fingerprint density at radius 1 is 1.00 bits per heavy atom. The van der Waals surface area contributed by atoms with E-state index in [0.717, 1.165) is 10.5 Å². The molecule has 0 unspecified atom stereocenters.